The molecule has 0 rings (SSSR count). The van der Waals surface area contributed by atoms with Crippen molar-refractivity contribution < 1.29 is 0 Å². The Hall–Kier alpha value is 2.35. The average Bonchev–Trinajstić information content (AvgIpc) is 0.918. The van der Waals surface area contributed by atoms with Crippen molar-refractivity contribution in [1.82, 2.24) is 0 Å². The molecule has 18 valence electrons. The van der Waals surface area contributed by atoms with E-state index in [4.69, 9.17) is 18.1 Å². The SMILES string of the molecule is [Cl][Mg][Cl].[NaH]. The molecule has 0 heterocycles. The standard InChI is InChI=1S/2ClH.Mg.Na.H/h2*1H;;;/q;;+2;;/p-2. The summed E-state index contributed by atoms with van der Waals surface area (Å²) in [5.41, 5.74) is 0. The predicted octanol–water partition coefficient (Wildman–Crippen LogP) is 0.350. The van der Waals surface area contributed by atoms with Crippen molar-refractivity contribution in [1.29, 1.82) is 0 Å². The Kier molecular flexibility index (Phi) is 21.7. The Bertz CT molecular complexity index is 6.00. The fraction of sp³-hybridized carbons (Fsp3) is 0. The van der Waals surface area contributed by atoms with Crippen LogP contribution in [0.5, 0.6) is 0 Å². The van der Waals surface area contributed by atoms with Gasteiger partial charge in [-0.1, -0.05) is 0 Å². The Morgan fingerprint density at radius 3 is 1.25 bits per heavy atom. The molecule has 0 nitrogen and oxygen atoms in total. The molecule has 0 saturated carbocycles. The minimum atomic E-state index is -0.639. The van der Waals surface area contributed by atoms with Crippen LogP contribution in [-0.2, 0) is 0 Å². The summed E-state index contributed by atoms with van der Waals surface area (Å²) in [7, 11) is 9.81. The summed E-state index contributed by atoms with van der Waals surface area (Å²) in [5.74, 6) is 0. The first kappa shape index (κ1) is 9.60. The zero-order valence-corrected chi connectivity index (χ0v) is 4.39. The third-order valence-corrected chi connectivity index (χ3v) is 0. The molecule has 0 amide bonds. The zero-order chi connectivity index (χ0) is 2.71. The van der Waals surface area contributed by atoms with Crippen molar-refractivity contribution in [3.8, 4) is 0 Å². The van der Waals surface area contributed by atoms with E-state index < -0.39 is 18.2 Å². The molecular formula is HCl2MgNa. The van der Waals surface area contributed by atoms with Gasteiger partial charge in [-0.15, -0.1) is 0 Å². The maximum atomic E-state index is 4.90. The molecule has 0 atom stereocenters. The van der Waals surface area contributed by atoms with Gasteiger partial charge >= 0.3 is 47.7 Å². The molecular weight excluding hydrogens is 118 g/mol. The van der Waals surface area contributed by atoms with E-state index in [0.717, 1.165) is 0 Å². The fourth-order valence-electron chi connectivity index (χ4n) is 0. The monoisotopic (exact) mass is 118 g/mol. The number of rotatable bonds is 0. The number of hydrogen-bond acceptors (Lipinski definition) is 0. The van der Waals surface area contributed by atoms with Crippen molar-refractivity contribution in [2.75, 3.05) is 0 Å². The minimum absolute atomic E-state index is 0. The molecule has 0 spiro atoms. The normalized spacial score (nSPS) is 2.50. The molecule has 4 heavy (non-hydrogen) atoms. The molecule has 0 aliphatic rings. The summed E-state index contributed by atoms with van der Waals surface area (Å²) in [6, 6.07) is 0. The summed E-state index contributed by atoms with van der Waals surface area (Å²) >= 11 is -0.639. The molecule has 0 unspecified atom stereocenters. The third kappa shape index (κ3) is 8.84. The summed E-state index contributed by atoms with van der Waals surface area (Å²) in [6.45, 7) is 0. The average molecular weight is 119 g/mol. The van der Waals surface area contributed by atoms with Gasteiger partial charge in [0, 0.05) is 0 Å². The van der Waals surface area contributed by atoms with Crippen molar-refractivity contribution in [3.63, 3.8) is 0 Å². The molecule has 0 bridgehead atoms. The molecule has 0 radical (unpaired) electrons. The predicted molar refractivity (Wildman–Crippen MR) is 24.6 cm³/mol. The molecule has 0 fully saturated rings. The van der Waals surface area contributed by atoms with Crippen LogP contribution in [0.1, 0.15) is 0 Å². The van der Waals surface area contributed by atoms with E-state index in [0.29, 0.717) is 0 Å². The van der Waals surface area contributed by atoms with Crippen LogP contribution in [0, 0.1) is 0 Å². The van der Waals surface area contributed by atoms with E-state index in [2.05, 4.69) is 0 Å². The molecule has 0 N–H and O–H groups in total. The molecule has 0 aromatic heterocycles. The second kappa shape index (κ2) is 9.02. The van der Waals surface area contributed by atoms with Gasteiger partial charge in [0.15, 0.2) is 0 Å². The second-order valence-electron chi connectivity index (χ2n) is 0.101. The van der Waals surface area contributed by atoms with Crippen LogP contribution in [0.4, 0.5) is 0 Å². The molecule has 0 saturated heterocycles. The van der Waals surface area contributed by atoms with Crippen LogP contribution in [0.2, 0.25) is 0 Å². The van der Waals surface area contributed by atoms with E-state index in [9.17, 15) is 0 Å². The van der Waals surface area contributed by atoms with Crippen molar-refractivity contribution in [2.45, 2.75) is 0 Å². The van der Waals surface area contributed by atoms with Crippen LogP contribution in [0.3, 0.4) is 0 Å². The Labute approximate surface area is 64.8 Å². The summed E-state index contributed by atoms with van der Waals surface area (Å²) < 4.78 is 0. The van der Waals surface area contributed by atoms with E-state index in [1.165, 1.54) is 0 Å². The van der Waals surface area contributed by atoms with E-state index in [1.54, 1.807) is 0 Å². The molecule has 0 aromatic rings. The van der Waals surface area contributed by atoms with Crippen molar-refractivity contribution in [3.05, 3.63) is 0 Å². The molecule has 0 aromatic carbocycles. The van der Waals surface area contributed by atoms with Gasteiger partial charge in [0.05, 0.1) is 0 Å². The Morgan fingerprint density at radius 1 is 1.25 bits per heavy atom. The molecule has 0 aliphatic heterocycles. The van der Waals surface area contributed by atoms with Gasteiger partial charge in [-0.3, -0.25) is 0 Å². The van der Waals surface area contributed by atoms with Crippen molar-refractivity contribution >= 4 is 65.9 Å². The van der Waals surface area contributed by atoms with E-state index in [-0.39, 0.29) is 29.6 Å². The first-order chi connectivity index (χ1) is 1.41. The van der Waals surface area contributed by atoms with Crippen LogP contribution < -0.4 is 0 Å². The first-order valence-electron chi connectivity index (χ1n) is 0.535. The van der Waals surface area contributed by atoms with Gasteiger partial charge in [0.2, 0.25) is 0 Å². The van der Waals surface area contributed by atoms with E-state index in [1.807, 2.05) is 0 Å². The van der Waals surface area contributed by atoms with Gasteiger partial charge in [-0.2, -0.15) is 0 Å². The zero-order valence-electron chi connectivity index (χ0n) is 1.46. The van der Waals surface area contributed by atoms with E-state index >= 15 is 0 Å². The van der Waals surface area contributed by atoms with Crippen molar-refractivity contribution in [2.24, 2.45) is 0 Å². The molecule has 4 heteroatoms. The third-order valence-electron chi connectivity index (χ3n) is 0. The van der Waals surface area contributed by atoms with Crippen LogP contribution in [0.25, 0.3) is 0 Å². The van der Waals surface area contributed by atoms with Gasteiger partial charge in [0.25, 0.3) is 0 Å². The Morgan fingerprint density at radius 2 is 1.25 bits per heavy atom. The quantitative estimate of drug-likeness (QED) is 0.404. The van der Waals surface area contributed by atoms with Crippen LogP contribution in [0.15, 0.2) is 0 Å². The summed E-state index contributed by atoms with van der Waals surface area (Å²) in [5, 5.41) is 0. The summed E-state index contributed by atoms with van der Waals surface area (Å²) in [4.78, 5) is 0. The number of hydrogen-bond donors (Lipinski definition) is 0. The Balaban J connectivity index is 0. The fourth-order valence-corrected chi connectivity index (χ4v) is 0. The topological polar surface area (TPSA) is 0 Å². The number of halogens is 2. The van der Waals surface area contributed by atoms with Gasteiger partial charge < -0.3 is 18.1 Å². The first-order valence-corrected chi connectivity index (χ1v) is 4.81. The van der Waals surface area contributed by atoms with Crippen LogP contribution in [-0.4, -0.2) is 47.7 Å². The van der Waals surface area contributed by atoms with Gasteiger partial charge in [0.1, 0.15) is 0 Å². The maximum absolute atomic E-state index is 4.90. The van der Waals surface area contributed by atoms with Crippen LogP contribution >= 0.6 is 18.1 Å². The van der Waals surface area contributed by atoms with Gasteiger partial charge in [-0.05, 0) is 0 Å². The summed E-state index contributed by atoms with van der Waals surface area (Å²) in [6.07, 6.45) is 0. The second-order valence-corrected chi connectivity index (χ2v) is 2.73. The van der Waals surface area contributed by atoms with Gasteiger partial charge in [-0.25, -0.2) is 0 Å². The molecule has 0 aliphatic carbocycles.